The summed E-state index contributed by atoms with van der Waals surface area (Å²) >= 11 is 5.66. The van der Waals surface area contributed by atoms with Crippen molar-refractivity contribution >= 4 is 23.4 Å². The van der Waals surface area contributed by atoms with Crippen molar-refractivity contribution in [1.29, 1.82) is 0 Å². The zero-order valence-electron chi connectivity index (χ0n) is 18.9. The summed E-state index contributed by atoms with van der Waals surface area (Å²) in [6.07, 6.45) is 1.53. The zero-order chi connectivity index (χ0) is 24.3. The number of carbonyl (C=O) groups excluding carboxylic acids is 2. The molecule has 3 fully saturated rings. The minimum atomic E-state index is -0.869. The number of nitrogens with one attached hydrogen (secondary N) is 2. The largest absolute Gasteiger partial charge is 0.497 e. The molecule has 2 aromatic rings. The van der Waals surface area contributed by atoms with Crippen LogP contribution in [0.2, 0.25) is 5.02 Å². The van der Waals surface area contributed by atoms with E-state index in [1.807, 2.05) is 24.3 Å². The van der Waals surface area contributed by atoms with Crippen molar-refractivity contribution in [2.24, 2.45) is 5.41 Å². The highest BCUT2D eigenvalue weighted by atomic mass is 35.5. The number of carbonyl (C=O) groups is 2. The average Bonchev–Trinajstić information content (AvgIpc) is 2.84. The van der Waals surface area contributed by atoms with E-state index in [4.69, 9.17) is 21.1 Å². The SMILES string of the molecule is COc1cccc(CNC(=O)C23CCC(NC(=O)COc4ccc(Cl)c(F)c4)(CC2)C[C@@H]3O)c1. The number of hydrogen-bond acceptors (Lipinski definition) is 5. The Bertz CT molecular complexity index is 1070. The first-order valence-electron chi connectivity index (χ1n) is 11.2. The smallest absolute Gasteiger partial charge is 0.258 e. The summed E-state index contributed by atoms with van der Waals surface area (Å²) in [5, 5.41) is 16.9. The molecule has 9 heteroatoms. The number of methoxy groups -OCH3 is 1. The summed E-state index contributed by atoms with van der Waals surface area (Å²) in [6.45, 7) is 0.0557. The lowest BCUT2D eigenvalue weighted by Gasteiger charge is -2.55. The molecule has 0 saturated heterocycles. The molecule has 7 nitrogen and oxygen atoms in total. The molecular weight excluding hydrogens is 463 g/mol. The number of hydrogen-bond donors (Lipinski definition) is 3. The number of benzene rings is 2. The second kappa shape index (κ2) is 9.80. The molecule has 3 N–H and O–H groups in total. The fraction of sp³-hybridized carbons (Fsp3) is 0.440. The van der Waals surface area contributed by atoms with E-state index in [0.717, 1.165) is 11.6 Å². The Morgan fingerprint density at radius 3 is 2.59 bits per heavy atom. The highest BCUT2D eigenvalue weighted by Crippen LogP contribution is 2.52. The van der Waals surface area contributed by atoms with Crippen LogP contribution in [0.4, 0.5) is 4.39 Å². The molecule has 0 spiro atoms. The first-order valence-corrected chi connectivity index (χ1v) is 11.6. The molecule has 0 aromatic heterocycles. The van der Waals surface area contributed by atoms with Crippen LogP contribution in [0.5, 0.6) is 11.5 Å². The van der Waals surface area contributed by atoms with Crippen molar-refractivity contribution in [3.8, 4) is 11.5 Å². The predicted octanol–water partition coefficient (Wildman–Crippen LogP) is 3.36. The van der Waals surface area contributed by atoms with Crippen LogP contribution in [-0.4, -0.2) is 42.3 Å². The minimum absolute atomic E-state index is 0.0231. The molecule has 5 rings (SSSR count). The number of rotatable bonds is 8. The Labute approximate surface area is 202 Å². The number of fused-ring (bicyclic) bond motifs is 3. The summed E-state index contributed by atoms with van der Waals surface area (Å²) in [7, 11) is 1.59. The Morgan fingerprint density at radius 2 is 1.91 bits per heavy atom. The molecule has 34 heavy (non-hydrogen) atoms. The molecule has 182 valence electrons. The van der Waals surface area contributed by atoms with Crippen LogP contribution in [0.15, 0.2) is 42.5 Å². The lowest BCUT2D eigenvalue weighted by molar-refractivity contribution is -0.156. The lowest BCUT2D eigenvalue weighted by atomic mass is 9.55. The van der Waals surface area contributed by atoms with Gasteiger partial charge in [-0.15, -0.1) is 0 Å². The van der Waals surface area contributed by atoms with E-state index in [0.29, 0.717) is 44.4 Å². The summed E-state index contributed by atoms with van der Waals surface area (Å²) in [6, 6.07) is 11.4. The van der Waals surface area contributed by atoms with Gasteiger partial charge in [-0.2, -0.15) is 0 Å². The van der Waals surface area contributed by atoms with Gasteiger partial charge in [-0.1, -0.05) is 23.7 Å². The fourth-order valence-corrected chi connectivity index (χ4v) is 5.14. The average molecular weight is 491 g/mol. The molecule has 2 bridgehead atoms. The van der Waals surface area contributed by atoms with E-state index in [1.54, 1.807) is 7.11 Å². The quantitative estimate of drug-likeness (QED) is 0.527. The second-order valence-corrected chi connectivity index (χ2v) is 9.51. The number of amides is 2. The van der Waals surface area contributed by atoms with Crippen LogP contribution < -0.4 is 20.1 Å². The van der Waals surface area contributed by atoms with Gasteiger partial charge >= 0.3 is 0 Å². The maximum absolute atomic E-state index is 13.5. The molecule has 3 saturated carbocycles. The predicted molar refractivity (Wildman–Crippen MR) is 124 cm³/mol. The van der Waals surface area contributed by atoms with Crippen molar-refractivity contribution in [3.63, 3.8) is 0 Å². The highest BCUT2D eigenvalue weighted by molar-refractivity contribution is 6.30. The normalized spacial score (nSPS) is 25.5. The molecule has 1 atom stereocenters. The van der Waals surface area contributed by atoms with Gasteiger partial charge in [-0.25, -0.2) is 4.39 Å². The summed E-state index contributed by atoms with van der Waals surface area (Å²) < 4.78 is 24.1. The standard InChI is InChI=1S/C25H28ClFN2O5/c1-33-17-4-2-3-16(11-17)14-28-23(32)25-9-7-24(8-10-25,13-21(25)30)29-22(31)15-34-18-5-6-19(26)20(27)12-18/h2-6,11-12,21,30H,7-10,13-15H2,1H3,(H,28,32)(H,29,31)/t21-,24?,25?/m0/s1. The Kier molecular flexibility index (Phi) is 7.00. The van der Waals surface area contributed by atoms with Gasteiger partial charge in [0.2, 0.25) is 5.91 Å². The molecule has 3 aliphatic carbocycles. The number of ether oxygens (including phenoxy) is 2. The number of aliphatic hydroxyl groups excluding tert-OH is 1. The lowest BCUT2D eigenvalue weighted by Crippen LogP contribution is -2.65. The van der Waals surface area contributed by atoms with Gasteiger partial charge in [-0.3, -0.25) is 9.59 Å². The zero-order valence-corrected chi connectivity index (χ0v) is 19.7. The molecule has 3 aliphatic rings. The van der Waals surface area contributed by atoms with Crippen LogP contribution in [-0.2, 0) is 16.1 Å². The summed E-state index contributed by atoms with van der Waals surface area (Å²) in [5.41, 5.74) is -0.532. The Balaban J connectivity index is 1.31. The number of halogens is 2. The molecule has 2 aromatic carbocycles. The van der Waals surface area contributed by atoms with Gasteiger partial charge in [0.25, 0.3) is 5.91 Å². The third-order valence-electron chi connectivity index (χ3n) is 7.03. The van der Waals surface area contributed by atoms with Crippen molar-refractivity contribution in [2.75, 3.05) is 13.7 Å². The first-order chi connectivity index (χ1) is 16.2. The van der Waals surface area contributed by atoms with E-state index in [-0.39, 0.29) is 29.2 Å². The van der Waals surface area contributed by atoms with E-state index >= 15 is 0 Å². The fourth-order valence-electron chi connectivity index (χ4n) is 5.02. The molecular formula is C25H28ClFN2O5. The molecule has 0 radical (unpaired) electrons. The van der Waals surface area contributed by atoms with Crippen molar-refractivity contribution in [3.05, 3.63) is 58.9 Å². The van der Waals surface area contributed by atoms with Crippen LogP contribution in [0.3, 0.4) is 0 Å². The van der Waals surface area contributed by atoms with Crippen LogP contribution in [0, 0.1) is 11.2 Å². The van der Waals surface area contributed by atoms with Crippen molar-refractivity contribution in [1.82, 2.24) is 10.6 Å². The van der Waals surface area contributed by atoms with Gasteiger partial charge in [0.1, 0.15) is 17.3 Å². The second-order valence-electron chi connectivity index (χ2n) is 9.10. The van der Waals surface area contributed by atoms with Gasteiger partial charge < -0.3 is 25.2 Å². The Hall–Kier alpha value is -2.84. The Morgan fingerprint density at radius 1 is 1.15 bits per heavy atom. The van der Waals surface area contributed by atoms with E-state index < -0.39 is 22.9 Å². The van der Waals surface area contributed by atoms with E-state index in [9.17, 15) is 19.1 Å². The third-order valence-corrected chi connectivity index (χ3v) is 7.33. The topological polar surface area (TPSA) is 96.9 Å². The maximum atomic E-state index is 13.5. The minimum Gasteiger partial charge on any atom is -0.497 e. The van der Waals surface area contributed by atoms with E-state index in [2.05, 4.69) is 10.6 Å². The third kappa shape index (κ3) is 4.98. The molecule has 0 heterocycles. The molecule has 0 unspecified atom stereocenters. The summed E-state index contributed by atoms with van der Waals surface area (Å²) in [4.78, 5) is 25.6. The van der Waals surface area contributed by atoms with Crippen molar-refractivity contribution < 1.29 is 28.6 Å². The van der Waals surface area contributed by atoms with Crippen molar-refractivity contribution in [2.45, 2.75) is 50.3 Å². The van der Waals surface area contributed by atoms with Gasteiger partial charge in [0.15, 0.2) is 6.61 Å². The van der Waals surface area contributed by atoms with Gasteiger partial charge in [0.05, 0.1) is 23.7 Å². The van der Waals surface area contributed by atoms with Gasteiger partial charge in [-0.05, 0) is 61.9 Å². The van der Waals surface area contributed by atoms with E-state index in [1.165, 1.54) is 12.1 Å². The molecule has 2 amide bonds. The summed E-state index contributed by atoms with van der Waals surface area (Å²) in [5.74, 6) is -0.239. The highest BCUT2D eigenvalue weighted by Gasteiger charge is 2.58. The monoisotopic (exact) mass is 490 g/mol. The molecule has 0 aliphatic heterocycles. The first kappa shape index (κ1) is 24.3. The van der Waals surface area contributed by atoms with Gasteiger partial charge in [0, 0.05) is 18.2 Å². The van der Waals surface area contributed by atoms with Crippen LogP contribution in [0.25, 0.3) is 0 Å². The number of aliphatic hydroxyl groups is 1. The van der Waals surface area contributed by atoms with Crippen LogP contribution in [0.1, 0.15) is 37.7 Å². The maximum Gasteiger partial charge on any atom is 0.258 e. The van der Waals surface area contributed by atoms with Crippen LogP contribution >= 0.6 is 11.6 Å².